The Labute approximate surface area is 84.6 Å². The van der Waals surface area contributed by atoms with Crippen LogP contribution in [0.15, 0.2) is 35.5 Å². The van der Waals surface area contributed by atoms with E-state index in [2.05, 4.69) is 0 Å². The summed E-state index contributed by atoms with van der Waals surface area (Å²) in [6.07, 6.45) is 7.90. The molecule has 0 heterocycles. The lowest BCUT2D eigenvalue weighted by Crippen LogP contribution is -1.84. The van der Waals surface area contributed by atoms with Gasteiger partial charge in [0, 0.05) is 11.8 Å². The highest BCUT2D eigenvalue weighted by atomic mass is 35.5. The van der Waals surface area contributed by atoms with Crippen molar-refractivity contribution in [1.82, 2.24) is 0 Å². The summed E-state index contributed by atoms with van der Waals surface area (Å²) in [4.78, 5) is 0. The summed E-state index contributed by atoms with van der Waals surface area (Å²) in [6.45, 7) is 4.01. The lowest BCUT2D eigenvalue weighted by Gasteiger charge is -1.99. The van der Waals surface area contributed by atoms with Crippen LogP contribution >= 0.6 is 23.2 Å². The second-order valence-corrected chi connectivity index (χ2v) is 2.97. The van der Waals surface area contributed by atoms with Crippen molar-refractivity contribution >= 4 is 23.2 Å². The number of rotatable bonds is 4. The summed E-state index contributed by atoms with van der Waals surface area (Å²) in [5, 5.41) is 0. The van der Waals surface area contributed by atoms with Gasteiger partial charge in [0.15, 0.2) is 0 Å². The second kappa shape index (κ2) is 7.45. The molecule has 0 unspecified atom stereocenters. The quantitative estimate of drug-likeness (QED) is 0.482. The molecule has 0 spiro atoms. The average Bonchev–Trinajstić information content (AvgIpc) is 2.10. The molecule has 0 aromatic heterocycles. The van der Waals surface area contributed by atoms with E-state index in [0.29, 0.717) is 11.8 Å². The summed E-state index contributed by atoms with van der Waals surface area (Å²) in [5.41, 5.74) is 2.31. The molecule has 0 rings (SSSR count). The monoisotopic (exact) mass is 204 g/mol. The van der Waals surface area contributed by atoms with E-state index >= 15 is 0 Å². The molecule has 0 radical (unpaired) electrons. The SMILES string of the molecule is C\C=C/C(CCl)=C(C)\C=C\CCl. The first kappa shape index (κ1) is 11.8. The van der Waals surface area contributed by atoms with E-state index in [1.165, 1.54) is 5.57 Å². The van der Waals surface area contributed by atoms with E-state index < -0.39 is 0 Å². The molecule has 0 aliphatic rings. The van der Waals surface area contributed by atoms with Crippen LogP contribution in [0, 0.1) is 0 Å². The molecule has 0 aromatic carbocycles. The molecule has 0 atom stereocenters. The predicted molar refractivity (Wildman–Crippen MR) is 58.1 cm³/mol. The van der Waals surface area contributed by atoms with Gasteiger partial charge < -0.3 is 0 Å². The Kier molecular flexibility index (Phi) is 7.33. The highest BCUT2D eigenvalue weighted by Gasteiger charge is 1.92. The van der Waals surface area contributed by atoms with Gasteiger partial charge in [-0.25, -0.2) is 0 Å². The van der Waals surface area contributed by atoms with E-state index in [1.54, 1.807) is 0 Å². The van der Waals surface area contributed by atoms with Crippen molar-refractivity contribution in [3.05, 3.63) is 35.5 Å². The van der Waals surface area contributed by atoms with Gasteiger partial charge in [-0.05, 0) is 25.0 Å². The van der Waals surface area contributed by atoms with Crippen molar-refractivity contribution in [3.8, 4) is 0 Å². The molecular weight excluding hydrogens is 191 g/mol. The summed E-state index contributed by atoms with van der Waals surface area (Å²) in [6, 6.07) is 0. The van der Waals surface area contributed by atoms with Crippen LogP contribution in [0.2, 0.25) is 0 Å². The molecule has 0 nitrogen and oxygen atoms in total. The molecule has 2 heteroatoms. The molecule has 68 valence electrons. The maximum Gasteiger partial charge on any atom is 0.0476 e. The van der Waals surface area contributed by atoms with Gasteiger partial charge >= 0.3 is 0 Å². The Balaban J connectivity index is 4.48. The van der Waals surface area contributed by atoms with Crippen LogP contribution in [0.25, 0.3) is 0 Å². The first-order valence-corrected chi connectivity index (χ1v) is 4.94. The fourth-order valence-corrected chi connectivity index (χ4v) is 1.20. The molecule has 0 amide bonds. The lowest BCUT2D eigenvalue weighted by molar-refractivity contribution is 1.37. The van der Waals surface area contributed by atoms with Crippen LogP contribution in [0.4, 0.5) is 0 Å². The highest BCUT2D eigenvalue weighted by Crippen LogP contribution is 2.09. The summed E-state index contributed by atoms with van der Waals surface area (Å²) < 4.78 is 0. The van der Waals surface area contributed by atoms with Crippen LogP contribution in [-0.2, 0) is 0 Å². The summed E-state index contributed by atoms with van der Waals surface area (Å²) in [5.74, 6) is 1.09. The third-order valence-electron chi connectivity index (χ3n) is 1.48. The van der Waals surface area contributed by atoms with E-state index in [0.717, 1.165) is 5.57 Å². The van der Waals surface area contributed by atoms with Gasteiger partial charge in [0.05, 0.1) is 0 Å². The third-order valence-corrected chi connectivity index (χ3v) is 1.94. The predicted octanol–water partition coefficient (Wildman–Crippen LogP) is 3.91. The van der Waals surface area contributed by atoms with Crippen LogP contribution in [0.5, 0.6) is 0 Å². The van der Waals surface area contributed by atoms with Crippen LogP contribution in [-0.4, -0.2) is 11.8 Å². The van der Waals surface area contributed by atoms with Crippen LogP contribution in [0.3, 0.4) is 0 Å². The molecule has 0 fully saturated rings. The Morgan fingerprint density at radius 3 is 2.33 bits per heavy atom. The largest absolute Gasteiger partial charge is 0.122 e. The minimum atomic E-state index is 0.544. The third kappa shape index (κ3) is 4.63. The number of allylic oxidation sites excluding steroid dienone is 6. The lowest BCUT2D eigenvalue weighted by atomic mass is 10.1. The Bertz CT molecular complexity index is 200. The minimum absolute atomic E-state index is 0.544. The smallest absolute Gasteiger partial charge is 0.0476 e. The van der Waals surface area contributed by atoms with Gasteiger partial charge in [0.25, 0.3) is 0 Å². The zero-order valence-electron chi connectivity index (χ0n) is 7.48. The number of hydrogen-bond donors (Lipinski definition) is 0. The van der Waals surface area contributed by atoms with Crippen molar-refractivity contribution < 1.29 is 0 Å². The van der Waals surface area contributed by atoms with Crippen molar-refractivity contribution in [1.29, 1.82) is 0 Å². The summed E-state index contributed by atoms with van der Waals surface area (Å²) in [7, 11) is 0. The van der Waals surface area contributed by atoms with Gasteiger partial charge in [-0.2, -0.15) is 0 Å². The first-order valence-electron chi connectivity index (χ1n) is 3.87. The van der Waals surface area contributed by atoms with Gasteiger partial charge in [-0.1, -0.05) is 24.3 Å². The van der Waals surface area contributed by atoms with E-state index in [1.807, 2.05) is 38.2 Å². The molecule has 0 aliphatic heterocycles. The first-order chi connectivity index (χ1) is 5.76. The normalized spacial score (nSPS) is 14.3. The van der Waals surface area contributed by atoms with E-state index in [4.69, 9.17) is 23.2 Å². The average molecular weight is 205 g/mol. The van der Waals surface area contributed by atoms with Crippen molar-refractivity contribution in [2.24, 2.45) is 0 Å². The Hall–Kier alpha value is -0.200. The molecule has 12 heavy (non-hydrogen) atoms. The Morgan fingerprint density at radius 2 is 1.92 bits per heavy atom. The maximum atomic E-state index is 5.74. The molecule has 0 saturated heterocycles. The Morgan fingerprint density at radius 1 is 1.25 bits per heavy atom. The summed E-state index contributed by atoms with van der Waals surface area (Å²) >= 11 is 11.3. The molecule has 0 N–H and O–H groups in total. The minimum Gasteiger partial charge on any atom is -0.122 e. The van der Waals surface area contributed by atoms with Gasteiger partial charge in [-0.15, -0.1) is 23.2 Å². The molecule has 0 bridgehead atoms. The fourth-order valence-electron chi connectivity index (χ4n) is 0.811. The molecule has 0 saturated carbocycles. The molecular formula is C10H14Cl2. The zero-order chi connectivity index (χ0) is 9.40. The van der Waals surface area contributed by atoms with Gasteiger partial charge in [0.1, 0.15) is 0 Å². The fraction of sp³-hybridized carbons (Fsp3) is 0.400. The topological polar surface area (TPSA) is 0 Å². The number of alkyl halides is 2. The number of hydrogen-bond acceptors (Lipinski definition) is 0. The highest BCUT2D eigenvalue weighted by molar-refractivity contribution is 6.19. The van der Waals surface area contributed by atoms with Gasteiger partial charge in [-0.3, -0.25) is 0 Å². The molecule has 0 aliphatic carbocycles. The van der Waals surface area contributed by atoms with Crippen molar-refractivity contribution in [2.45, 2.75) is 13.8 Å². The zero-order valence-corrected chi connectivity index (χ0v) is 8.99. The standard InChI is InChI=1S/C10H14Cl2/c1-3-5-10(8-12)9(2)6-4-7-11/h3-6H,7-8H2,1-2H3/b5-3-,6-4+,10-9+. The van der Waals surface area contributed by atoms with Crippen LogP contribution in [0.1, 0.15) is 13.8 Å². The second-order valence-electron chi connectivity index (χ2n) is 2.40. The van der Waals surface area contributed by atoms with E-state index in [-0.39, 0.29) is 0 Å². The van der Waals surface area contributed by atoms with Crippen molar-refractivity contribution in [2.75, 3.05) is 11.8 Å². The van der Waals surface area contributed by atoms with Gasteiger partial charge in [0.2, 0.25) is 0 Å². The van der Waals surface area contributed by atoms with E-state index in [9.17, 15) is 0 Å². The van der Waals surface area contributed by atoms with Crippen molar-refractivity contribution in [3.63, 3.8) is 0 Å². The maximum absolute atomic E-state index is 5.74. The van der Waals surface area contributed by atoms with Crippen LogP contribution < -0.4 is 0 Å². The molecule has 0 aromatic rings. The number of halogens is 2.